The van der Waals surface area contributed by atoms with Gasteiger partial charge in [0.05, 0.1) is 11.4 Å². The largest absolute Gasteiger partial charge is 0.349 e. The van der Waals surface area contributed by atoms with Crippen LogP contribution in [0.5, 0.6) is 0 Å². The van der Waals surface area contributed by atoms with Crippen molar-refractivity contribution in [2.45, 2.75) is 13.8 Å². The average molecular weight is 263 g/mol. The summed E-state index contributed by atoms with van der Waals surface area (Å²) >= 11 is 0. The fraction of sp³-hybridized carbons (Fsp3) is 0.462. The van der Waals surface area contributed by atoms with Crippen LogP contribution in [-0.4, -0.2) is 55.0 Å². The third-order valence-corrected chi connectivity index (χ3v) is 2.58. The SMILES string of the molecule is Cc1ccnc(C)c1NC(=O)N=C(N(C)C)N(C)C. The molecule has 0 bridgehead atoms. The van der Waals surface area contributed by atoms with Crippen molar-refractivity contribution >= 4 is 17.7 Å². The quantitative estimate of drug-likeness (QED) is 0.619. The first kappa shape index (κ1) is 14.9. The zero-order valence-corrected chi connectivity index (χ0v) is 12.4. The molecule has 0 fully saturated rings. The van der Waals surface area contributed by atoms with Crippen LogP contribution in [0.25, 0.3) is 0 Å². The van der Waals surface area contributed by atoms with Gasteiger partial charge in [0.2, 0.25) is 5.96 Å². The number of nitrogens with one attached hydrogen (secondary N) is 1. The molecule has 1 heterocycles. The summed E-state index contributed by atoms with van der Waals surface area (Å²) in [5.41, 5.74) is 2.46. The number of carbonyl (C=O) groups is 1. The summed E-state index contributed by atoms with van der Waals surface area (Å²) in [5.74, 6) is 0.580. The summed E-state index contributed by atoms with van der Waals surface area (Å²) < 4.78 is 0. The van der Waals surface area contributed by atoms with Crippen molar-refractivity contribution in [1.82, 2.24) is 14.8 Å². The number of aromatic nitrogens is 1. The first-order valence-corrected chi connectivity index (χ1v) is 5.99. The van der Waals surface area contributed by atoms with E-state index in [9.17, 15) is 4.79 Å². The lowest BCUT2D eigenvalue weighted by Gasteiger charge is -2.22. The topological polar surface area (TPSA) is 60.8 Å². The Kier molecular flexibility index (Phi) is 4.86. The second-order valence-electron chi connectivity index (χ2n) is 4.72. The predicted octanol–water partition coefficient (Wildman–Crippen LogP) is 1.71. The summed E-state index contributed by atoms with van der Waals surface area (Å²) in [6.07, 6.45) is 1.72. The summed E-state index contributed by atoms with van der Waals surface area (Å²) in [6, 6.07) is 1.45. The number of anilines is 1. The molecule has 104 valence electrons. The van der Waals surface area contributed by atoms with Crippen LogP contribution in [0.2, 0.25) is 0 Å². The second kappa shape index (κ2) is 6.17. The smallest absolute Gasteiger partial charge is 0.348 e. The Morgan fingerprint density at radius 1 is 1.21 bits per heavy atom. The highest BCUT2D eigenvalue weighted by atomic mass is 16.2. The number of hydrogen-bond donors (Lipinski definition) is 1. The Morgan fingerprint density at radius 3 is 2.26 bits per heavy atom. The number of carbonyl (C=O) groups excluding carboxylic acids is 1. The van der Waals surface area contributed by atoms with E-state index in [1.807, 2.05) is 48.1 Å². The van der Waals surface area contributed by atoms with Crippen molar-refractivity contribution in [3.05, 3.63) is 23.5 Å². The van der Waals surface area contributed by atoms with Crippen LogP contribution in [0.1, 0.15) is 11.3 Å². The maximum Gasteiger partial charge on any atom is 0.348 e. The third kappa shape index (κ3) is 3.94. The molecule has 0 aromatic carbocycles. The second-order valence-corrected chi connectivity index (χ2v) is 4.72. The van der Waals surface area contributed by atoms with Crippen molar-refractivity contribution < 1.29 is 4.79 Å². The normalized spacial score (nSPS) is 9.79. The Bertz CT molecular complexity index is 464. The predicted molar refractivity (Wildman–Crippen MR) is 77.5 cm³/mol. The van der Waals surface area contributed by atoms with Crippen LogP contribution in [0.15, 0.2) is 17.3 Å². The molecule has 0 unspecified atom stereocenters. The minimum Gasteiger partial charge on any atom is -0.349 e. The van der Waals surface area contributed by atoms with Gasteiger partial charge in [-0.1, -0.05) is 0 Å². The molecular formula is C13H21N5O. The van der Waals surface area contributed by atoms with Gasteiger partial charge in [-0.3, -0.25) is 4.98 Å². The highest BCUT2D eigenvalue weighted by Crippen LogP contribution is 2.17. The minimum atomic E-state index is -0.406. The van der Waals surface area contributed by atoms with Gasteiger partial charge in [-0.25, -0.2) is 4.79 Å². The molecule has 6 heteroatoms. The number of pyridine rings is 1. The maximum atomic E-state index is 12.0. The van der Waals surface area contributed by atoms with E-state index >= 15 is 0 Å². The van der Waals surface area contributed by atoms with Crippen LogP contribution in [-0.2, 0) is 0 Å². The van der Waals surface area contributed by atoms with Crippen LogP contribution in [0.4, 0.5) is 10.5 Å². The van der Waals surface area contributed by atoms with Gasteiger partial charge in [-0.05, 0) is 25.5 Å². The number of guanidine groups is 1. The fourth-order valence-electron chi connectivity index (χ4n) is 1.71. The highest BCUT2D eigenvalue weighted by molar-refractivity contribution is 5.99. The fourth-order valence-corrected chi connectivity index (χ4v) is 1.71. The first-order chi connectivity index (χ1) is 8.82. The lowest BCUT2D eigenvalue weighted by molar-refractivity contribution is 0.258. The maximum absolute atomic E-state index is 12.0. The van der Waals surface area contributed by atoms with Crippen molar-refractivity contribution in [3.8, 4) is 0 Å². The van der Waals surface area contributed by atoms with E-state index in [2.05, 4.69) is 15.3 Å². The molecule has 0 saturated heterocycles. The first-order valence-electron chi connectivity index (χ1n) is 5.99. The molecule has 0 aliphatic rings. The lowest BCUT2D eigenvalue weighted by atomic mass is 10.2. The molecule has 0 spiro atoms. The standard InChI is InChI=1S/C13H21N5O/c1-9-7-8-14-10(2)11(9)15-12(19)16-13(17(3)4)18(5)6/h7-8H,1-6H3,(H,15,19). The third-order valence-electron chi connectivity index (χ3n) is 2.58. The number of hydrogen-bond acceptors (Lipinski definition) is 2. The molecule has 1 aromatic heterocycles. The Labute approximate surface area is 114 Å². The Morgan fingerprint density at radius 2 is 1.79 bits per heavy atom. The van der Waals surface area contributed by atoms with Crippen molar-refractivity contribution in [2.75, 3.05) is 33.5 Å². The molecule has 6 nitrogen and oxygen atoms in total. The van der Waals surface area contributed by atoms with Gasteiger partial charge in [0.15, 0.2) is 0 Å². The molecular weight excluding hydrogens is 242 g/mol. The highest BCUT2D eigenvalue weighted by Gasteiger charge is 2.11. The van der Waals surface area contributed by atoms with Gasteiger partial charge in [0.25, 0.3) is 0 Å². The summed E-state index contributed by atoms with van der Waals surface area (Å²) in [5, 5.41) is 2.78. The number of urea groups is 1. The molecule has 1 aromatic rings. The van der Waals surface area contributed by atoms with Crippen LogP contribution in [0.3, 0.4) is 0 Å². The van der Waals surface area contributed by atoms with E-state index in [-0.39, 0.29) is 0 Å². The zero-order valence-electron chi connectivity index (χ0n) is 12.4. The molecule has 19 heavy (non-hydrogen) atoms. The molecule has 0 aliphatic heterocycles. The van der Waals surface area contributed by atoms with Crippen molar-refractivity contribution in [2.24, 2.45) is 4.99 Å². The van der Waals surface area contributed by atoms with Crippen LogP contribution in [0, 0.1) is 13.8 Å². The van der Waals surface area contributed by atoms with E-state index in [0.29, 0.717) is 11.6 Å². The van der Waals surface area contributed by atoms with Crippen molar-refractivity contribution in [1.29, 1.82) is 0 Å². The number of aliphatic imine (C=N–C) groups is 1. The Balaban J connectivity index is 2.94. The summed E-state index contributed by atoms with van der Waals surface area (Å²) in [6.45, 7) is 3.78. The van der Waals surface area contributed by atoms with E-state index in [1.165, 1.54) is 0 Å². The molecule has 0 aliphatic carbocycles. The van der Waals surface area contributed by atoms with E-state index in [1.54, 1.807) is 16.0 Å². The average Bonchev–Trinajstić information content (AvgIpc) is 2.30. The number of aryl methyl sites for hydroxylation is 2. The van der Waals surface area contributed by atoms with Crippen molar-refractivity contribution in [3.63, 3.8) is 0 Å². The Hall–Kier alpha value is -2.11. The van der Waals surface area contributed by atoms with Gasteiger partial charge in [0.1, 0.15) is 0 Å². The lowest BCUT2D eigenvalue weighted by Crippen LogP contribution is -2.36. The summed E-state index contributed by atoms with van der Waals surface area (Å²) in [7, 11) is 7.36. The monoisotopic (exact) mass is 263 g/mol. The molecule has 0 atom stereocenters. The zero-order chi connectivity index (χ0) is 14.6. The molecule has 0 saturated carbocycles. The number of nitrogens with zero attached hydrogens (tertiary/aromatic N) is 4. The molecule has 1 rings (SSSR count). The summed E-state index contributed by atoms with van der Waals surface area (Å²) in [4.78, 5) is 23.7. The van der Waals surface area contributed by atoms with Crippen LogP contribution >= 0.6 is 0 Å². The van der Waals surface area contributed by atoms with Gasteiger partial charge in [0, 0.05) is 34.4 Å². The number of rotatable bonds is 1. The molecule has 1 N–H and O–H groups in total. The molecule has 2 amide bonds. The van der Waals surface area contributed by atoms with E-state index < -0.39 is 6.03 Å². The van der Waals surface area contributed by atoms with Gasteiger partial charge in [-0.15, -0.1) is 0 Å². The van der Waals surface area contributed by atoms with Crippen LogP contribution < -0.4 is 5.32 Å². The molecule has 0 radical (unpaired) electrons. The minimum absolute atomic E-state index is 0.406. The van der Waals surface area contributed by atoms with E-state index in [0.717, 1.165) is 11.3 Å². The van der Waals surface area contributed by atoms with E-state index in [4.69, 9.17) is 0 Å². The number of amides is 2. The van der Waals surface area contributed by atoms with Gasteiger partial charge < -0.3 is 15.1 Å². The van der Waals surface area contributed by atoms with Gasteiger partial charge in [-0.2, -0.15) is 4.99 Å². The van der Waals surface area contributed by atoms with Gasteiger partial charge >= 0.3 is 6.03 Å².